The first-order chi connectivity index (χ1) is 6.74. The van der Waals surface area contributed by atoms with Gasteiger partial charge in [-0.2, -0.15) is 11.8 Å². The molecular weight excluding hydrogens is 214 g/mol. The minimum absolute atomic E-state index is 0.680. The van der Waals surface area contributed by atoms with Crippen LogP contribution in [0.4, 0.5) is 5.13 Å². The van der Waals surface area contributed by atoms with Gasteiger partial charge in [0.1, 0.15) is 0 Å². The second-order valence-electron chi connectivity index (χ2n) is 3.59. The number of nitrogens with zero attached hydrogens (tertiary/aromatic N) is 2. The molecule has 1 aromatic rings. The number of hydrogen-bond acceptors (Lipinski definition) is 5. The summed E-state index contributed by atoms with van der Waals surface area (Å²) in [6.45, 7) is 5.58. The zero-order valence-corrected chi connectivity index (χ0v) is 9.90. The number of nitrogens with two attached hydrogens (primary N) is 1. The summed E-state index contributed by atoms with van der Waals surface area (Å²) in [6.07, 6.45) is 0. The van der Waals surface area contributed by atoms with Crippen molar-refractivity contribution in [2.24, 2.45) is 0 Å². The first-order valence-corrected chi connectivity index (χ1v) is 6.71. The molecule has 0 aromatic carbocycles. The molecule has 1 aromatic heterocycles. The van der Waals surface area contributed by atoms with Crippen LogP contribution in [0.15, 0.2) is 5.38 Å². The summed E-state index contributed by atoms with van der Waals surface area (Å²) in [5.41, 5.74) is 6.71. The third-order valence-electron chi connectivity index (χ3n) is 2.28. The van der Waals surface area contributed by atoms with Crippen molar-refractivity contribution in [1.82, 2.24) is 9.88 Å². The Bertz CT molecular complexity index is 300. The molecular formula is C9H15N3S2. The lowest BCUT2D eigenvalue weighted by Gasteiger charge is -2.29. The summed E-state index contributed by atoms with van der Waals surface area (Å²) < 4.78 is 0. The maximum absolute atomic E-state index is 5.60. The highest BCUT2D eigenvalue weighted by Crippen LogP contribution is 2.20. The topological polar surface area (TPSA) is 42.1 Å². The minimum atomic E-state index is 0.680. The summed E-state index contributed by atoms with van der Waals surface area (Å²) in [7, 11) is 0. The van der Waals surface area contributed by atoms with Crippen molar-refractivity contribution < 1.29 is 0 Å². The van der Waals surface area contributed by atoms with Crippen molar-refractivity contribution in [3.8, 4) is 0 Å². The molecule has 0 aliphatic carbocycles. The molecule has 0 radical (unpaired) electrons. The summed E-state index contributed by atoms with van der Waals surface area (Å²) in [4.78, 5) is 6.73. The SMILES string of the molecule is CC1CN(Cc2csc(N)n2)CCS1. The lowest BCUT2D eigenvalue weighted by molar-refractivity contribution is 0.276. The van der Waals surface area contributed by atoms with Crippen molar-refractivity contribution in [2.75, 3.05) is 24.6 Å². The Morgan fingerprint density at radius 3 is 3.21 bits per heavy atom. The predicted molar refractivity (Wildman–Crippen MR) is 63.7 cm³/mol. The molecule has 14 heavy (non-hydrogen) atoms. The molecule has 2 rings (SSSR count). The van der Waals surface area contributed by atoms with Crippen molar-refractivity contribution in [3.05, 3.63) is 11.1 Å². The van der Waals surface area contributed by atoms with E-state index in [-0.39, 0.29) is 0 Å². The predicted octanol–water partition coefficient (Wildman–Crippen LogP) is 1.66. The zero-order valence-electron chi connectivity index (χ0n) is 8.27. The van der Waals surface area contributed by atoms with Gasteiger partial charge >= 0.3 is 0 Å². The maximum atomic E-state index is 5.60. The largest absolute Gasteiger partial charge is 0.375 e. The highest BCUT2D eigenvalue weighted by molar-refractivity contribution is 7.99. The van der Waals surface area contributed by atoms with Gasteiger partial charge < -0.3 is 5.73 Å². The Morgan fingerprint density at radius 1 is 1.71 bits per heavy atom. The molecule has 0 bridgehead atoms. The first-order valence-electron chi connectivity index (χ1n) is 4.78. The average molecular weight is 229 g/mol. The van der Waals surface area contributed by atoms with Crippen LogP contribution in [0.2, 0.25) is 0 Å². The minimum Gasteiger partial charge on any atom is -0.375 e. The zero-order chi connectivity index (χ0) is 9.97. The fourth-order valence-electron chi connectivity index (χ4n) is 1.66. The Balaban J connectivity index is 1.90. The van der Waals surface area contributed by atoms with Crippen LogP contribution < -0.4 is 5.73 Å². The van der Waals surface area contributed by atoms with Crippen LogP contribution in [0.3, 0.4) is 0 Å². The van der Waals surface area contributed by atoms with E-state index in [9.17, 15) is 0 Å². The Morgan fingerprint density at radius 2 is 2.57 bits per heavy atom. The molecule has 1 unspecified atom stereocenters. The van der Waals surface area contributed by atoms with E-state index in [2.05, 4.69) is 33.9 Å². The van der Waals surface area contributed by atoms with Gasteiger partial charge in [0.25, 0.3) is 0 Å². The molecule has 1 aliphatic rings. The quantitative estimate of drug-likeness (QED) is 0.837. The summed E-state index contributed by atoms with van der Waals surface area (Å²) in [5.74, 6) is 1.24. The molecule has 0 spiro atoms. The van der Waals surface area contributed by atoms with Gasteiger partial charge in [-0.05, 0) is 0 Å². The first kappa shape index (κ1) is 10.3. The van der Waals surface area contributed by atoms with Crippen LogP contribution in [0, 0.1) is 0 Å². The highest BCUT2D eigenvalue weighted by Gasteiger charge is 2.17. The van der Waals surface area contributed by atoms with Crippen LogP contribution in [0.5, 0.6) is 0 Å². The monoisotopic (exact) mass is 229 g/mol. The van der Waals surface area contributed by atoms with E-state index in [0.717, 1.165) is 17.5 Å². The van der Waals surface area contributed by atoms with E-state index in [0.29, 0.717) is 5.13 Å². The molecule has 78 valence electrons. The van der Waals surface area contributed by atoms with Gasteiger partial charge in [0.15, 0.2) is 5.13 Å². The number of anilines is 1. The molecule has 3 nitrogen and oxygen atoms in total. The average Bonchev–Trinajstić information content (AvgIpc) is 2.51. The van der Waals surface area contributed by atoms with Crippen molar-refractivity contribution in [2.45, 2.75) is 18.7 Å². The molecule has 2 heterocycles. The Hall–Kier alpha value is -0.260. The fourth-order valence-corrected chi connectivity index (χ4v) is 3.29. The van der Waals surface area contributed by atoms with Gasteiger partial charge in [0, 0.05) is 36.0 Å². The normalized spacial score (nSPS) is 23.9. The lowest BCUT2D eigenvalue weighted by Crippen LogP contribution is -2.36. The summed E-state index contributed by atoms with van der Waals surface area (Å²) in [6, 6.07) is 0. The van der Waals surface area contributed by atoms with E-state index < -0.39 is 0 Å². The number of nitrogen functional groups attached to an aromatic ring is 1. The third-order valence-corrected chi connectivity index (χ3v) is 4.14. The van der Waals surface area contributed by atoms with Crippen molar-refractivity contribution >= 4 is 28.2 Å². The van der Waals surface area contributed by atoms with Gasteiger partial charge in [0.05, 0.1) is 5.69 Å². The number of thiazole rings is 1. The molecule has 1 atom stereocenters. The second kappa shape index (κ2) is 4.51. The van der Waals surface area contributed by atoms with Crippen LogP contribution in [0.1, 0.15) is 12.6 Å². The van der Waals surface area contributed by atoms with Gasteiger partial charge in [-0.15, -0.1) is 11.3 Å². The third kappa shape index (κ3) is 2.62. The number of aromatic nitrogens is 1. The second-order valence-corrected chi connectivity index (χ2v) is 6.03. The fraction of sp³-hybridized carbons (Fsp3) is 0.667. The molecule has 1 saturated heterocycles. The van der Waals surface area contributed by atoms with Crippen LogP contribution in [0.25, 0.3) is 0 Å². The molecule has 1 aliphatic heterocycles. The van der Waals surface area contributed by atoms with Crippen LogP contribution >= 0.6 is 23.1 Å². The van der Waals surface area contributed by atoms with Crippen molar-refractivity contribution in [1.29, 1.82) is 0 Å². The van der Waals surface area contributed by atoms with E-state index in [1.807, 2.05) is 0 Å². The molecule has 1 fully saturated rings. The number of thioether (sulfide) groups is 1. The number of rotatable bonds is 2. The van der Waals surface area contributed by atoms with Crippen LogP contribution in [-0.4, -0.2) is 34.0 Å². The molecule has 2 N–H and O–H groups in total. The molecule has 0 amide bonds. The smallest absolute Gasteiger partial charge is 0.180 e. The highest BCUT2D eigenvalue weighted by atomic mass is 32.2. The van der Waals surface area contributed by atoms with Gasteiger partial charge in [0.2, 0.25) is 0 Å². The Kier molecular flexibility index (Phi) is 3.30. The van der Waals surface area contributed by atoms with Gasteiger partial charge in [-0.3, -0.25) is 4.90 Å². The number of hydrogen-bond donors (Lipinski definition) is 1. The lowest BCUT2D eigenvalue weighted by atomic mass is 10.3. The standard InChI is InChI=1S/C9H15N3S2/c1-7-4-12(2-3-13-7)5-8-6-14-9(10)11-8/h6-7H,2-5H2,1H3,(H2,10,11). The van der Waals surface area contributed by atoms with E-state index in [1.165, 1.54) is 30.2 Å². The summed E-state index contributed by atoms with van der Waals surface area (Å²) in [5, 5.41) is 3.49. The van der Waals surface area contributed by atoms with Gasteiger partial charge in [-0.25, -0.2) is 4.98 Å². The van der Waals surface area contributed by atoms with E-state index in [1.54, 1.807) is 0 Å². The van der Waals surface area contributed by atoms with Gasteiger partial charge in [-0.1, -0.05) is 6.92 Å². The molecule has 0 saturated carbocycles. The van der Waals surface area contributed by atoms with E-state index in [4.69, 9.17) is 5.73 Å². The van der Waals surface area contributed by atoms with Crippen LogP contribution in [-0.2, 0) is 6.54 Å². The van der Waals surface area contributed by atoms with E-state index >= 15 is 0 Å². The maximum Gasteiger partial charge on any atom is 0.180 e. The Labute approximate surface area is 92.7 Å². The summed E-state index contributed by atoms with van der Waals surface area (Å²) >= 11 is 3.58. The van der Waals surface area contributed by atoms with Crippen molar-refractivity contribution in [3.63, 3.8) is 0 Å². The molecule has 5 heteroatoms.